The summed E-state index contributed by atoms with van der Waals surface area (Å²) in [6.07, 6.45) is 2.05. The van der Waals surface area contributed by atoms with Crippen LogP contribution in [0, 0.1) is 0 Å². The molecule has 68 heavy (non-hydrogen) atoms. The van der Waals surface area contributed by atoms with E-state index in [0.717, 1.165) is 29.9 Å². The monoisotopic (exact) mass is 867 g/mol. The van der Waals surface area contributed by atoms with Crippen LogP contribution in [-0.2, 0) is 6.42 Å². The van der Waals surface area contributed by atoms with Crippen LogP contribution in [0.25, 0.3) is 77.5 Å². The molecule has 0 bridgehead atoms. The molecule has 0 radical (unpaired) electrons. The van der Waals surface area contributed by atoms with Crippen LogP contribution in [0.4, 0.5) is 17.1 Å². The maximum absolute atomic E-state index is 2.43. The van der Waals surface area contributed by atoms with Crippen LogP contribution in [0.3, 0.4) is 0 Å². The van der Waals surface area contributed by atoms with E-state index in [9.17, 15) is 0 Å². The predicted molar refractivity (Wildman–Crippen MR) is 288 cm³/mol. The fourth-order valence-electron chi connectivity index (χ4n) is 10.6. The number of aryl methyl sites for hydroxylation is 1. The zero-order chi connectivity index (χ0) is 45.2. The van der Waals surface area contributed by atoms with Gasteiger partial charge >= 0.3 is 0 Å². The Labute approximate surface area is 399 Å². The molecule has 0 unspecified atom stereocenters. The summed E-state index contributed by atoms with van der Waals surface area (Å²) in [5.74, 6) is 0.387. The Bertz CT molecular complexity index is 3480. The Morgan fingerprint density at radius 3 is 1.40 bits per heavy atom. The lowest BCUT2D eigenvalue weighted by molar-refractivity contribution is 0.730. The fourth-order valence-corrected chi connectivity index (χ4v) is 10.6. The Morgan fingerprint density at radius 1 is 0.279 bits per heavy atom. The van der Waals surface area contributed by atoms with Gasteiger partial charge in [0.15, 0.2) is 0 Å². The van der Waals surface area contributed by atoms with E-state index >= 15 is 0 Å². The summed E-state index contributed by atoms with van der Waals surface area (Å²) in [5.41, 5.74) is 22.3. The van der Waals surface area contributed by atoms with E-state index in [4.69, 9.17) is 0 Å². The second-order valence-corrected chi connectivity index (χ2v) is 18.0. The molecule has 1 aliphatic rings. The molecule has 0 spiro atoms. The summed E-state index contributed by atoms with van der Waals surface area (Å²) in [5, 5.41) is 2.50. The quantitative estimate of drug-likeness (QED) is 0.125. The average molecular weight is 868 g/mol. The number of benzene rings is 11. The van der Waals surface area contributed by atoms with E-state index in [0.29, 0.717) is 5.92 Å². The van der Waals surface area contributed by atoms with E-state index in [2.05, 4.69) is 272 Å². The first-order chi connectivity index (χ1) is 33.7. The smallest absolute Gasteiger partial charge is 0.0468 e. The number of anilines is 3. The highest BCUT2D eigenvalue weighted by atomic mass is 15.1. The minimum Gasteiger partial charge on any atom is -0.310 e. The maximum Gasteiger partial charge on any atom is 0.0468 e. The van der Waals surface area contributed by atoms with Gasteiger partial charge in [-0.1, -0.05) is 231 Å². The second kappa shape index (κ2) is 18.0. The zero-order valence-electron chi connectivity index (χ0n) is 37.8. The van der Waals surface area contributed by atoms with E-state index < -0.39 is 0 Å². The lowest BCUT2D eigenvalue weighted by Crippen LogP contribution is -2.10. The molecule has 12 rings (SSSR count). The maximum atomic E-state index is 2.43. The van der Waals surface area contributed by atoms with Gasteiger partial charge in [0.1, 0.15) is 0 Å². The molecule has 0 aliphatic heterocycles. The summed E-state index contributed by atoms with van der Waals surface area (Å²) in [7, 11) is 0. The minimum absolute atomic E-state index is 0.387. The average Bonchev–Trinajstić information content (AvgIpc) is 3.74. The standard InChI is InChI=1S/C67H49N/c1-3-16-48(17-4-1)50-30-32-54(33-31-50)67-46-58(42-44-61(67)55-22-13-15-47(45-55)29-43-66-64-26-11-9-24-62(64)63-25-10-12-27-65(63)66)68(56-38-34-51(35-39-56)49-18-5-2-6-19-49)57-40-36-53(37-41-57)60-28-14-21-52-20-7-8-23-59(52)60/h1-28,30-42,44-46,66H,29,43H2. The number of hydrogen-bond donors (Lipinski definition) is 0. The van der Waals surface area contributed by atoms with Crippen molar-refractivity contribution in [3.8, 4) is 66.8 Å². The lowest BCUT2D eigenvalue weighted by Gasteiger charge is -2.27. The van der Waals surface area contributed by atoms with Crippen molar-refractivity contribution in [2.45, 2.75) is 18.8 Å². The van der Waals surface area contributed by atoms with E-state index in [1.807, 2.05) is 0 Å². The highest BCUT2D eigenvalue weighted by Crippen LogP contribution is 2.47. The van der Waals surface area contributed by atoms with Crippen molar-refractivity contribution in [3.63, 3.8) is 0 Å². The molecule has 1 heteroatoms. The summed E-state index contributed by atoms with van der Waals surface area (Å²) in [6.45, 7) is 0. The highest BCUT2D eigenvalue weighted by molar-refractivity contribution is 5.97. The summed E-state index contributed by atoms with van der Waals surface area (Å²) in [4.78, 5) is 2.40. The zero-order valence-corrected chi connectivity index (χ0v) is 37.8. The largest absolute Gasteiger partial charge is 0.310 e. The van der Waals surface area contributed by atoms with Crippen LogP contribution in [0.15, 0.2) is 267 Å². The van der Waals surface area contributed by atoms with Gasteiger partial charge in [-0.25, -0.2) is 0 Å². The number of nitrogens with zero attached hydrogens (tertiary/aromatic N) is 1. The van der Waals surface area contributed by atoms with Crippen LogP contribution in [0.5, 0.6) is 0 Å². The third-order valence-corrected chi connectivity index (χ3v) is 13.9. The van der Waals surface area contributed by atoms with Crippen LogP contribution in [0.2, 0.25) is 0 Å². The molecule has 1 aliphatic carbocycles. The number of fused-ring (bicyclic) bond motifs is 4. The van der Waals surface area contributed by atoms with Gasteiger partial charge in [-0.2, -0.15) is 0 Å². The molecule has 0 atom stereocenters. The Morgan fingerprint density at radius 2 is 0.735 bits per heavy atom. The van der Waals surface area contributed by atoms with Gasteiger partial charge < -0.3 is 4.90 Å². The van der Waals surface area contributed by atoms with Crippen molar-refractivity contribution >= 4 is 27.8 Å². The molecule has 11 aromatic carbocycles. The SMILES string of the molecule is c1ccc(-c2ccc(-c3cc(N(c4ccc(-c5ccccc5)cc4)c4ccc(-c5cccc6ccccc56)cc4)ccc3-c3cccc(CCC4c5ccccc5-c5ccccc54)c3)cc2)cc1. The van der Waals surface area contributed by atoms with Crippen LogP contribution < -0.4 is 4.90 Å². The first kappa shape index (κ1) is 40.9. The van der Waals surface area contributed by atoms with Crippen molar-refractivity contribution in [2.24, 2.45) is 0 Å². The normalized spacial score (nSPS) is 11.9. The van der Waals surface area contributed by atoms with E-state index in [1.54, 1.807) is 0 Å². The molecule has 1 nitrogen and oxygen atoms in total. The van der Waals surface area contributed by atoms with Gasteiger partial charge in [-0.15, -0.1) is 0 Å². The van der Waals surface area contributed by atoms with Gasteiger partial charge in [0.25, 0.3) is 0 Å². The lowest BCUT2D eigenvalue weighted by atomic mass is 9.89. The van der Waals surface area contributed by atoms with Crippen LogP contribution in [0.1, 0.15) is 29.0 Å². The Hall–Kier alpha value is -8.52. The topological polar surface area (TPSA) is 3.24 Å². The molecule has 11 aromatic rings. The Balaban J connectivity index is 0.951. The fraction of sp³-hybridized carbons (Fsp3) is 0.0448. The van der Waals surface area contributed by atoms with Gasteiger partial charge in [0, 0.05) is 23.0 Å². The number of rotatable bonds is 11. The minimum atomic E-state index is 0.387. The van der Waals surface area contributed by atoms with E-state index in [1.165, 1.54) is 94.2 Å². The molecule has 0 N–H and O–H groups in total. The third kappa shape index (κ3) is 7.89. The molecule has 0 saturated heterocycles. The highest BCUT2D eigenvalue weighted by Gasteiger charge is 2.27. The molecule has 0 saturated carbocycles. The van der Waals surface area contributed by atoms with Gasteiger partial charge in [-0.3, -0.25) is 0 Å². The van der Waals surface area contributed by atoms with Gasteiger partial charge in [0.05, 0.1) is 0 Å². The first-order valence-electron chi connectivity index (χ1n) is 23.8. The van der Waals surface area contributed by atoms with Crippen molar-refractivity contribution in [2.75, 3.05) is 4.90 Å². The number of hydrogen-bond acceptors (Lipinski definition) is 1. The summed E-state index contributed by atoms with van der Waals surface area (Å²) >= 11 is 0. The molecule has 0 amide bonds. The van der Waals surface area contributed by atoms with Crippen LogP contribution in [-0.4, -0.2) is 0 Å². The molecule has 322 valence electrons. The molecule has 0 heterocycles. The van der Waals surface area contributed by atoms with Crippen molar-refractivity contribution in [1.82, 2.24) is 0 Å². The first-order valence-corrected chi connectivity index (χ1v) is 23.8. The molecule has 0 aromatic heterocycles. The second-order valence-electron chi connectivity index (χ2n) is 18.0. The van der Waals surface area contributed by atoms with Gasteiger partial charge in [-0.05, 0) is 143 Å². The van der Waals surface area contributed by atoms with Crippen molar-refractivity contribution in [1.29, 1.82) is 0 Å². The summed E-state index contributed by atoms with van der Waals surface area (Å²) in [6, 6.07) is 98.0. The van der Waals surface area contributed by atoms with E-state index in [-0.39, 0.29) is 0 Å². The molecule has 0 fully saturated rings. The molecular weight excluding hydrogens is 819 g/mol. The van der Waals surface area contributed by atoms with Crippen LogP contribution >= 0.6 is 0 Å². The van der Waals surface area contributed by atoms with Crippen molar-refractivity contribution in [3.05, 3.63) is 284 Å². The van der Waals surface area contributed by atoms with Crippen molar-refractivity contribution < 1.29 is 0 Å². The predicted octanol–water partition coefficient (Wildman–Crippen LogP) is 18.4. The molecular formula is C67H49N. The van der Waals surface area contributed by atoms with Gasteiger partial charge in [0.2, 0.25) is 0 Å². The third-order valence-electron chi connectivity index (χ3n) is 13.9. The summed E-state index contributed by atoms with van der Waals surface area (Å²) < 4.78 is 0. The Kier molecular flexibility index (Phi) is 10.9.